The van der Waals surface area contributed by atoms with Crippen molar-refractivity contribution in [3.8, 4) is 0 Å². The van der Waals surface area contributed by atoms with E-state index in [0.29, 0.717) is 0 Å². The smallest absolute Gasteiger partial charge is 0.273 e. The van der Waals surface area contributed by atoms with Gasteiger partial charge in [-0.1, -0.05) is 32.9 Å². The molecular formula is C23H31F2N5O2. The lowest BCUT2D eigenvalue weighted by Gasteiger charge is -2.18. The van der Waals surface area contributed by atoms with E-state index in [1.807, 2.05) is 20.8 Å². The van der Waals surface area contributed by atoms with E-state index in [0.717, 1.165) is 17.3 Å². The molecule has 0 saturated heterocycles. The van der Waals surface area contributed by atoms with Gasteiger partial charge in [0.15, 0.2) is 5.92 Å². The molecule has 0 bridgehead atoms. The van der Waals surface area contributed by atoms with Crippen molar-refractivity contribution in [2.45, 2.75) is 47.0 Å². The number of carbonyl (C=O) groups excluding carboxylic acids is 2. The molecule has 0 saturated carbocycles. The lowest BCUT2D eigenvalue weighted by Crippen LogP contribution is -2.38. The number of benzene rings is 1. The van der Waals surface area contributed by atoms with Gasteiger partial charge < -0.3 is 21.4 Å². The zero-order valence-corrected chi connectivity index (χ0v) is 19.3. The molecule has 0 aliphatic heterocycles. The number of halogens is 2. The Morgan fingerprint density at radius 2 is 1.78 bits per heavy atom. The molecule has 0 aliphatic carbocycles. The molecule has 7 nitrogen and oxygen atoms in total. The molecule has 2 rings (SSSR count). The van der Waals surface area contributed by atoms with Crippen LogP contribution in [-0.2, 0) is 15.5 Å². The normalized spacial score (nSPS) is 11.5. The number of aryl methyl sites for hydroxylation is 1. The highest BCUT2D eigenvalue weighted by molar-refractivity contribution is 6.24. The van der Waals surface area contributed by atoms with Gasteiger partial charge in [0.2, 0.25) is 11.8 Å². The van der Waals surface area contributed by atoms with E-state index in [2.05, 4.69) is 20.9 Å². The minimum atomic E-state index is -3.03. The second-order valence-electron chi connectivity index (χ2n) is 6.87. The fraction of sp³-hybridized carbons (Fsp3) is 0.391. The van der Waals surface area contributed by atoms with E-state index in [1.165, 1.54) is 32.0 Å². The van der Waals surface area contributed by atoms with Crippen LogP contribution in [0.5, 0.6) is 0 Å². The molecule has 2 amide bonds. The number of rotatable bonds is 8. The fourth-order valence-electron chi connectivity index (χ4n) is 2.82. The minimum Gasteiger partial charge on any atom is -0.388 e. The molecule has 32 heavy (non-hydrogen) atoms. The Morgan fingerprint density at radius 3 is 2.34 bits per heavy atom. The monoisotopic (exact) mass is 447 g/mol. The number of pyridine rings is 1. The number of alkyl halides is 2. The Labute approximate surface area is 187 Å². The number of nitrogens with zero attached hydrogens (tertiary/aromatic N) is 1. The summed E-state index contributed by atoms with van der Waals surface area (Å²) < 4.78 is 27.9. The number of hydrogen-bond donors (Lipinski definition) is 4. The Morgan fingerprint density at radius 1 is 1.16 bits per heavy atom. The van der Waals surface area contributed by atoms with Crippen LogP contribution in [0.2, 0.25) is 0 Å². The Kier molecular flexibility index (Phi) is 9.90. The van der Waals surface area contributed by atoms with Crippen molar-refractivity contribution in [1.29, 1.82) is 5.41 Å². The van der Waals surface area contributed by atoms with Crippen molar-refractivity contribution in [3.05, 3.63) is 47.7 Å². The summed E-state index contributed by atoms with van der Waals surface area (Å²) in [6.45, 7) is 8.54. The highest BCUT2D eigenvalue weighted by Crippen LogP contribution is 2.32. The van der Waals surface area contributed by atoms with Crippen LogP contribution >= 0.6 is 0 Å². The molecule has 1 aromatic carbocycles. The third-order valence-corrected chi connectivity index (χ3v) is 4.58. The molecule has 1 aromatic heterocycles. The average molecular weight is 448 g/mol. The molecule has 0 spiro atoms. The highest BCUT2D eigenvalue weighted by Gasteiger charge is 2.31. The van der Waals surface area contributed by atoms with E-state index in [9.17, 15) is 18.4 Å². The zero-order chi connectivity index (χ0) is 24.5. The molecule has 4 N–H and O–H groups in total. The van der Waals surface area contributed by atoms with Crippen LogP contribution in [0.3, 0.4) is 0 Å². The SMILES string of the molecule is CC.CCC(F)(F)c1cccc(NC(=O)C(C(C)=N)C(=O)Nc2cc(NC)c(C)cn2)c1. The summed E-state index contributed by atoms with van der Waals surface area (Å²) in [7, 11) is 1.72. The first-order chi connectivity index (χ1) is 15.1. The van der Waals surface area contributed by atoms with Crippen molar-refractivity contribution in [1.82, 2.24) is 4.98 Å². The summed E-state index contributed by atoms with van der Waals surface area (Å²) in [6.07, 6.45) is 1.18. The van der Waals surface area contributed by atoms with Gasteiger partial charge in [-0.05, 0) is 31.5 Å². The maximum Gasteiger partial charge on any atom is 0.273 e. The van der Waals surface area contributed by atoms with Gasteiger partial charge in [-0.2, -0.15) is 0 Å². The van der Waals surface area contributed by atoms with Gasteiger partial charge in [0.05, 0.1) is 0 Å². The number of carbonyl (C=O) groups is 2. The van der Waals surface area contributed by atoms with E-state index in [4.69, 9.17) is 5.41 Å². The minimum absolute atomic E-state index is 0.121. The predicted octanol–water partition coefficient (Wildman–Crippen LogP) is 5.19. The van der Waals surface area contributed by atoms with Gasteiger partial charge in [0.25, 0.3) is 5.92 Å². The molecule has 1 unspecified atom stereocenters. The largest absolute Gasteiger partial charge is 0.388 e. The summed E-state index contributed by atoms with van der Waals surface area (Å²) in [5.41, 5.74) is 1.31. The summed E-state index contributed by atoms with van der Waals surface area (Å²) in [4.78, 5) is 29.4. The van der Waals surface area contributed by atoms with E-state index in [1.54, 1.807) is 19.3 Å². The van der Waals surface area contributed by atoms with E-state index >= 15 is 0 Å². The number of hydrogen-bond acceptors (Lipinski definition) is 5. The zero-order valence-electron chi connectivity index (χ0n) is 19.3. The quantitative estimate of drug-likeness (QED) is 0.330. The third kappa shape index (κ3) is 6.83. The second-order valence-corrected chi connectivity index (χ2v) is 6.87. The molecule has 174 valence electrons. The van der Waals surface area contributed by atoms with E-state index in [-0.39, 0.29) is 29.2 Å². The second kappa shape index (κ2) is 11.9. The van der Waals surface area contributed by atoms with Crippen molar-refractivity contribution >= 4 is 34.7 Å². The van der Waals surface area contributed by atoms with Crippen LogP contribution in [0.4, 0.5) is 26.0 Å². The molecule has 0 aliphatic rings. The molecule has 9 heteroatoms. The van der Waals surface area contributed by atoms with Gasteiger partial charge in [0, 0.05) is 48.4 Å². The number of amides is 2. The molecular weight excluding hydrogens is 416 g/mol. The lowest BCUT2D eigenvalue weighted by molar-refractivity contribution is -0.126. The van der Waals surface area contributed by atoms with E-state index < -0.39 is 23.7 Å². The standard InChI is InChI=1S/C21H25F2N5O2.C2H6/c1-5-21(22,23)14-7-6-8-15(9-14)27-19(29)18(13(3)24)20(30)28-17-10-16(25-4)12(2)11-26-17;1-2/h6-11,18,24H,5H2,1-4H3,(H,27,29)(H2,25,26,28,30);1-2H3. The lowest BCUT2D eigenvalue weighted by atomic mass is 10.0. The van der Waals surface area contributed by atoms with Gasteiger partial charge in [0.1, 0.15) is 5.82 Å². The molecule has 2 aromatic rings. The van der Waals surface area contributed by atoms with Crippen molar-refractivity contribution < 1.29 is 18.4 Å². The van der Waals surface area contributed by atoms with Crippen molar-refractivity contribution in [2.75, 3.05) is 23.0 Å². The van der Waals surface area contributed by atoms with Crippen LogP contribution in [0, 0.1) is 18.3 Å². The van der Waals surface area contributed by atoms with Crippen LogP contribution < -0.4 is 16.0 Å². The van der Waals surface area contributed by atoms with Gasteiger partial charge in [-0.3, -0.25) is 9.59 Å². The summed E-state index contributed by atoms with van der Waals surface area (Å²) >= 11 is 0. The van der Waals surface area contributed by atoms with Gasteiger partial charge in [-0.15, -0.1) is 0 Å². The highest BCUT2D eigenvalue weighted by atomic mass is 19.3. The van der Waals surface area contributed by atoms with Crippen LogP contribution in [0.25, 0.3) is 0 Å². The summed E-state index contributed by atoms with van der Waals surface area (Å²) in [5.74, 6) is -5.79. The molecule has 1 heterocycles. The fourth-order valence-corrected chi connectivity index (χ4v) is 2.82. The van der Waals surface area contributed by atoms with Crippen LogP contribution in [-0.4, -0.2) is 29.6 Å². The van der Waals surface area contributed by atoms with Crippen LogP contribution in [0.15, 0.2) is 36.5 Å². The molecule has 0 fully saturated rings. The van der Waals surface area contributed by atoms with Crippen molar-refractivity contribution in [3.63, 3.8) is 0 Å². The van der Waals surface area contributed by atoms with Gasteiger partial charge >= 0.3 is 0 Å². The summed E-state index contributed by atoms with van der Waals surface area (Å²) in [6, 6.07) is 6.89. The predicted molar refractivity (Wildman–Crippen MR) is 125 cm³/mol. The maximum atomic E-state index is 13.9. The number of aromatic nitrogens is 1. The third-order valence-electron chi connectivity index (χ3n) is 4.58. The Hall–Kier alpha value is -3.36. The van der Waals surface area contributed by atoms with Crippen molar-refractivity contribution in [2.24, 2.45) is 5.92 Å². The first kappa shape index (κ1) is 26.7. The number of anilines is 3. The topological polar surface area (TPSA) is 107 Å². The van der Waals surface area contributed by atoms with Gasteiger partial charge in [-0.25, -0.2) is 13.8 Å². The first-order valence-corrected chi connectivity index (χ1v) is 10.4. The summed E-state index contributed by atoms with van der Waals surface area (Å²) in [5, 5.41) is 15.8. The average Bonchev–Trinajstić information content (AvgIpc) is 2.76. The molecule has 1 atom stereocenters. The Bertz CT molecular complexity index is 963. The first-order valence-electron chi connectivity index (χ1n) is 10.4. The Balaban J connectivity index is 0.00000249. The number of nitrogens with one attached hydrogen (secondary N) is 4. The van der Waals surface area contributed by atoms with Crippen LogP contribution in [0.1, 0.15) is 45.2 Å². The maximum absolute atomic E-state index is 13.9. The molecule has 0 radical (unpaired) electrons.